The van der Waals surface area contributed by atoms with Gasteiger partial charge < -0.3 is 10.3 Å². The van der Waals surface area contributed by atoms with E-state index in [-0.39, 0.29) is 0 Å². The Kier molecular flexibility index (Phi) is 5.79. The zero-order valence-corrected chi connectivity index (χ0v) is 10.5. The minimum atomic E-state index is 0.535. The van der Waals surface area contributed by atoms with Crippen LogP contribution in [0.5, 0.6) is 0 Å². The van der Waals surface area contributed by atoms with Crippen LogP contribution < -0.4 is 5.73 Å². The fourth-order valence-corrected chi connectivity index (χ4v) is 2.40. The second-order valence-electron chi connectivity index (χ2n) is 3.67. The highest BCUT2D eigenvalue weighted by atomic mass is 32.2. The summed E-state index contributed by atoms with van der Waals surface area (Å²) in [5, 5.41) is 0. The topological polar surface area (TPSA) is 43.8 Å². The lowest BCUT2D eigenvalue weighted by Crippen LogP contribution is -2.12. The molecule has 0 radical (unpaired) electrons. The minimum Gasteiger partial charge on any atom is -0.332 e. The molecule has 86 valence electrons. The van der Waals surface area contributed by atoms with Crippen LogP contribution in [0.1, 0.15) is 32.0 Å². The highest BCUT2D eigenvalue weighted by Crippen LogP contribution is 2.16. The number of rotatable bonds is 7. The lowest BCUT2D eigenvalue weighted by molar-refractivity contribution is 0.515. The molecule has 0 fully saturated rings. The van der Waals surface area contributed by atoms with E-state index in [1.54, 1.807) is 0 Å². The molecule has 4 heteroatoms. The van der Waals surface area contributed by atoms with Gasteiger partial charge in [0.15, 0.2) is 0 Å². The van der Waals surface area contributed by atoms with Gasteiger partial charge in [-0.2, -0.15) is 11.8 Å². The average Bonchev–Trinajstić information content (AvgIpc) is 2.67. The fraction of sp³-hybridized carbons (Fsp3) is 0.727. The molecule has 1 aromatic rings. The maximum Gasteiger partial charge on any atom is 0.0950 e. The molecule has 1 unspecified atom stereocenters. The van der Waals surface area contributed by atoms with Crippen LogP contribution in [0.25, 0.3) is 0 Å². The smallest absolute Gasteiger partial charge is 0.0950 e. The van der Waals surface area contributed by atoms with Gasteiger partial charge in [-0.1, -0.05) is 6.92 Å². The Balaban J connectivity index is 2.48. The number of nitrogens with two attached hydrogens (primary N) is 1. The van der Waals surface area contributed by atoms with E-state index in [4.69, 9.17) is 5.73 Å². The molecule has 0 saturated carbocycles. The van der Waals surface area contributed by atoms with Crippen LogP contribution in [0.4, 0.5) is 0 Å². The standard InChI is InChI=1S/C11H21N3S/c1-3-15-7-5-10(2)14-9-13-8-11(14)4-6-12/h8-10H,3-7,12H2,1-2H3. The van der Waals surface area contributed by atoms with E-state index in [0.29, 0.717) is 12.6 Å². The molecule has 0 amide bonds. The van der Waals surface area contributed by atoms with E-state index >= 15 is 0 Å². The molecule has 1 heterocycles. The monoisotopic (exact) mass is 227 g/mol. The van der Waals surface area contributed by atoms with E-state index in [2.05, 4.69) is 23.4 Å². The number of nitrogens with zero attached hydrogens (tertiary/aromatic N) is 2. The summed E-state index contributed by atoms with van der Waals surface area (Å²) in [6.07, 6.45) is 5.97. The Bertz CT molecular complexity index is 273. The van der Waals surface area contributed by atoms with Gasteiger partial charge in [0.1, 0.15) is 0 Å². The van der Waals surface area contributed by atoms with Gasteiger partial charge in [0.05, 0.1) is 6.33 Å². The van der Waals surface area contributed by atoms with Crippen molar-refractivity contribution in [2.75, 3.05) is 18.1 Å². The van der Waals surface area contributed by atoms with Crippen LogP contribution >= 0.6 is 11.8 Å². The molecule has 1 rings (SSSR count). The van der Waals surface area contributed by atoms with E-state index in [1.165, 1.54) is 23.6 Å². The number of hydrogen-bond donors (Lipinski definition) is 1. The molecule has 3 nitrogen and oxygen atoms in total. The van der Waals surface area contributed by atoms with E-state index in [1.807, 2.05) is 24.3 Å². The summed E-state index contributed by atoms with van der Waals surface area (Å²) < 4.78 is 2.25. The third-order valence-corrected chi connectivity index (χ3v) is 3.44. The van der Waals surface area contributed by atoms with Crippen LogP contribution in [0, 0.1) is 0 Å². The quantitative estimate of drug-likeness (QED) is 0.725. The van der Waals surface area contributed by atoms with Crippen molar-refractivity contribution in [2.24, 2.45) is 5.73 Å². The Hall–Kier alpha value is -0.480. The summed E-state index contributed by atoms with van der Waals surface area (Å²) in [5.74, 6) is 2.42. The summed E-state index contributed by atoms with van der Waals surface area (Å²) in [4.78, 5) is 4.19. The summed E-state index contributed by atoms with van der Waals surface area (Å²) in [7, 11) is 0. The molecule has 0 aliphatic heterocycles. The third-order valence-electron chi connectivity index (χ3n) is 2.51. The lowest BCUT2D eigenvalue weighted by Gasteiger charge is -2.15. The molecule has 0 aromatic carbocycles. The van der Waals surface area contributed by atoms with E-state index in [9.17, 15) is 0 Å². The molecular weight excluding hydrogens is 206 g/mol. The van der Waals surface area contributed by atoms with Crippen molar-refractivity contribution in [1.29, 1.82) is 0 Å². The van der Waals surface area contributed by atoms with Crippen molar-refractivity contribution in [3.05, 3.63) is 18.2 Å². The third kappa shape index (κ3) is 3.87. The predicted molar refractivity (Wildman–Crippen MR) is 67.3 cm³/mol. The van der Waals surface area contributed by atoms with Crippen molar-refractivity contribution in [1.82, 2.24) is 9.55 Å². The first-order valence-corrected chi connectivity index (χ1v) is 6.73. The molecule has 0 bridgehead atoms. The first kappa shape index (κ1) is 12.6. The van der Waals surface area contributed by atoms with Crippen LogP contribution in [0.15, 0.2) is 12.5 Å². The van der Waals surface area contributed by atoms with Crippen molar-refractivity contribution in [2.45, 2.75) is 32.7 Å². The molecule has 0 aliphatic carbocycles. The first-order chi connectivity index (χ1) is 7.29. The average molecular weight is 227 g/mol. The van der Waals surface area contributed by atoms with Crippen molar-refractivity contribution in [3.63, 3.8) is 0 Å². The van der Waals surface area contributed by atoms with Gasteiger partial charge in [0.25, 0.3) is 0 Å². The van der Waals surface area contributed by atoms with Crippen LogP contribution in [-0.4, -0.2) is 27.6 Å². The largest absolute Gasteiger partial charge is 0.332 e. The lowest BCUT2D eigenvalue weighted by atomic mass is 10.2. The highest BCUT2D eigenvalue weighted by molar-refractivity contribution is 7.99. The van der Waals surface area contributed by atoms with Gasteiger partial charge in [-0.05, 0) is 31.4 Å². The van der Waals surface area contributed by atoms with Crippen molar-refractivity contribution in [3.8, 4) is 0 Å². The maximum atomic E-state index is 5.57. The number of imidazole rings is 1. The predicted octanol–water partition coefficient (Wildman–Crippen LogP) is 2.09. The molecule has 2 N–H and O–H groups in total. The summed E-state index contributed by atoms with van der Waals surface area (Å²) >= 11 is 1.99. The zero-order chi connectivity index (χ0) is 11.1. The SMILES string of the molecule is CCSCCC(C)n1cncc1CCN. The molecule has 1 aromatic heterocycles. The number of aromatic nitrogens is 2. The first-order valence-electron chi connectivity index (χ1n) is 5.58. The zero-order valence-electron chi connectivity index (χ0n) is 9.65. The highest BCUT2D eigenvalue weighted by Gasteiger charge is 2.08. The van der Waals surface area contributed by atoms with Gasteiger partial charge in [-0.15, -0.1) is 0 Å². The molecule has 0 spiro atoms. The normalized spacial score (nSPS) is 13.0. The molecule has 0 saturated heterocycles. The number of thioether (sulfide) groups is 1. The second kappa shape index (κ2) is 6.90. The second-order valence-corrected chi connectivity index (χ2v) is 5.06. The Labute approximate surface area is 96.5 Å². The van der Waals surface area contributed by atoms with Crippen molar-refractivity contribution >= 4 is 11.8 Å². The molecule has 1 atom stereocenters. The number of hydrogen-bond acceptors (Lipinski definition) is 3. The van der Waals surface area contributed by atoms with Gasteiger partial charge in [0, 0.05) is 24.4 Å². The fourth-order valence-electron chi connectivity index (χ4n) is 1.61. The van der Waals surface area contributed by atoms with Gasteiger partial charge in [-0.3, -0.25) is 0 Å². The Morgan fingerprint density at radius 1 is 1.60 bits per heavy atom. The molecule has 0 aliphatic rings. The maximum absolute atomic E-state index is 5.57. The Morgan fingerprint density at radius 2 is 2.40 bits per heavy atom. The molecule has 15 heavy (non-hydrogen) atoms. The van der Waals surface area contributed by atoms with Gasteiger partial charge in [-0.25, -0.2) is 4.98 Å². The van der Waals surface area contributed by atoms with Crippen molar-refractivity contribution < 1.29 is 0 Å². The van der Waals surface area contributed by atoms with Gasteiger partial charge >= 0.3 is 0 Å². The van der Waals surface area contributed by atoms with Gasteiger partial charge in [0.2, 0.25) is 0 Å². The van der Waals surface area contributed by atoms with E-state index in [0.717, 1.165) is 6.42 Å². The van der Waals surface area contributed by atoms with E-state index < -0.39 is 0 Å². The van der Waals surface area contributed by atoms with Crippen LogP contribution in [0.2, 0.25) is 0 Å². The van der Waals surface area contributed by atoms with Crippen LogP contribution in [-0.2, 0) is 6.42 Å². The Morgan fingerprint density at radius 3 is 3.07 bits per heavy atom. The summed E-state index contributed by atoms with van der Waals surface area (Å²) in [6, 6.07) is 0.535. The molecular formula is C11H21N3S. The van der Waals surface area contributed by atoms with Crippen LogP contribution in [0.3, 0.4) is 0 Å². The summed E-state index contributed by atoms with van der Waals surface area (Å²) in [6.45, 7) is 5.15. The minimum absolute atomic E-state index is 0.535. The summed E-state index contributed by atoms with van der Waals surface area (Å²) in [5.41, 5.74) is 6.82.